The van der Waals surface area contributed by atoms with Gasteiger partial charge in [-0.3, -0.25) is 4.79 Å². The topological polar surface area (TPSA) is 55.1 Å². The first kappa shape index (κ1) is 12.8. The Morgan fingerprint density at radius 3 is 2.94 bits per heavy atom. The smallest absolute Gasteiger partial charge is 0.251 e. The van der Waals surface area contributed by atoms with Gasteiger partial charge in [-0.15, -0.1) is 0 Å². The normalized spacial score (nSPS) is 10.4. The molecule has 0 saturated heterocycles. The molecule has 0 saturated carbocycles. The first-order valence-electron chi connectivity index (χ1n) is 5.21. The van der Waals surface area contributed by atoms with Crippen LogP contribution in [0.15, 0.2) is 33.3 Å². The highest BCUT2D eigenvalue weighted by Gasteiger charge is 2.09. The van der Waals surface area contributed by atoms with Gasteiger partial charge in [-0.1, -0.05) is 0 Å². The molecular formula is C12H10BrFN2O2. The number of aryl methyl sites for hydroxylation is 1. The van der Waals surface area contributed by atoms with Crippen LogP contribution >= 0.6 is 15.9 Å². The first-order valence-corrected chi connectivity index (χ1v) is 6.00. The summed E-state index contributed by atoms with van der Waals surface area (Å²) >= 11 is 3.03. The number of nitrogens with zero attached hydrogens (tertiary/aromatic N) is 1. The number of amides is 1. The fourth-order valence-corrected chi connectivity index (χ4v) is 1.63. The fraction of sp³-hybridized carbons (Fsp3) is 0.167. The molecule has 0 aliphatic rings. The average Bonchev–Trinajstić information content (AvgIpc) is 2.75. The Kier molecular flexibility index (Phi) is 3.76. The number of carbonyl (C=O) groups is 1. The lowest BCUT2D eigenvalue weighted by atomic mass is 10.2. The zero-order valence-electron chi connectivity index (χ0n) is 9.54. The predicted octanol–water partition coefficient (Wildman–Crippen LogP) is 2.81. The van der Waals surface area contributed by atoms with Crippen LogP contribution < -0.4 is 5.32 Å². The van der Waals surface area contributed by atoms with Gasteiger partial charge in [0.2, 0.25) is 5.89 Å². The van der Waals surface area contributed by atoms with Crippen molar-refractivity contribution in [3.05, 3.63) is 51.9 Å². The lowest BCUT2D eigenvalue weighted by Crippen LogP contribution is -2.23. The van der Waals surface area contributed by atoms with Crippen molar-refractivity contribution >= 4 is 21.8 Å². The molecule has 0 spiro atoms. The Bertz CT molecular complexity index is 583. The van der Waals surface area contributed by atoms with E-state index in [9.17, 15) is 9.18 Å². The summed E-state index contributed by atoms with van der Waals surface area (Å²) in [6.07, 6.45) is 1.57. The third kappa shape index (κ3) is 2.95. The van der Waals surface area contributed by atoms with Crippen LogP contribution in [0.3, 0.4) is 0 Å². The quantitative estimate of drug-likeness (QED) is 0.948. The van der Waals surface area contributed by atoms with E-state index in [1.807, 2.05) is 0 Å². The van der Waals surface area contributed by atoms with E-state index in [4.69, 9.17) is 4.42 Å². The lowest BCUT2D eigenvalue weighted by molar-refractivity contribution is 0.0946. The molecule has 18 heavy (non-hydrogen) atoms. The van der Waals surface area contributed by atoms with Gasteiger partial charge in [-0.05, 0) is 41.1 Å². The van der Waals surface area contributed by atoms with E-state index in [0.29, 0.717) is 16.1 Å². The standard InChI is InChI=1S/C12H10BrFN2O2/c1-7-5-15-11(18-7)6-16-12(17)8-2-3-9(13)10(14)4-8/h2-5H,6H2,1H3,(H,16,17). The zero-order valence-corrected chi connectivity index (χ0v) is 11.1. The molecule has 2 rings (SSSR count). The predicted molar refractivity (Wildman–Crippen MR) is 66.5 cm³/mol. The van der Waals surface area contributed by atoms with Crippen LogP contribution in [-0.4, -0.2) is 10.9 Å². The van der Waals surface area contributed by atoms with E-state index >= 15 is 0 Å². The molecule has 0 fully saturated rings. The van der Waals surface area contributed by atoms with Crippen molar-refractivity contribution in [3.8, 4) is 0 Å². The van der Waals surface area contributed by atoms with Gasteiger partial charge in [-0.25, -0.2) is 9.37 Å². The Labute approximate surface area is 111 Å². The lowest BCUT2D eigenvalue weighted by Gasteiger charge is -2.03. The highest BCUT2D eigenvalue weighted by molar-refractivity contribution is 9.10. The summed E-state index contributed by atoms with van der Waals surface area (Å²) in [5, 5.41) is 2.60. The number of carbonyl (C=O) groups excluding carboxylic acids is 1. The minimum Gasteiger partial charge on any atom is -0.444 e. The number of rotatable bonds is 3. The van der Waals surface area contributed by atoms with Crippen molar-refractivity contribution in [1.29, 1.82) is 0 Å². The van der Waals surface area contributed by atoms with E-state index < -0.39 is 5.82 Å². The molecule has 0 aliphatic heterocycles. The summed E-state index contributed by atoms with van der Waals surface area (Å²) in [5.41, 5.74) is 0.249. The van der Waals surface area contributed by atoms with Crippen molar-refractivity contribution < 1.29 is 13.6 Å². The molecular weight excluding hydrogens is 303 g/mol. The minimum absolute atomic E-state index is 0.171. The van der Waals surface area contributed by atoms with E-state index in [1.54, 1.807) is 13.1 Å². The van der Waals surface area contributed by atoms with E-state index in [1.165, 1.54) is 18.2 Å². The van der Waals surface area contributed by atoms with Crippen LogP contribution in [-0.2, 0) is 6.54 Å². The highest BCUT2D eigenvalue weighted by atomic mass is 79.9. The number of hydrogen-bond donors (Lipinski definition) is 1. The molecule has 0 aliphatic carbocycles. The summed E-state index contributed by atoms with van der Waals surface area (Å²) in [7, 11) is 0. The SMILES string of the molecule is Cc1cnc(CNC(=O)c2ccc(Br)c(F)c2)o1. The molecule has 0 atom stereocenters. The van der Waals surface area contributed by atoms with Gasteiger partial charge in [-0.2, -0.15) is 0 Å². The summed E-state index contributed by atoms with van der Waals surface area (Å²) in [6.45, 7) is 1.94. The van der Waals surface area contributed by atoms with Crippen LogP contribution in [0.5, 0.6) is 0 Å². The van der Waals surface area contributed by atoms with Gasteiger partial charge in [0.05, 0.1) is 17.2 Å². The maximum atomic E-state index is 13.2. The largest absolute Gasteiger partial charge is 0.444 e. The molecule has 1 amide bonds. The second kappa shape index (κ2) is 5.30. The van der Waals surface area contributed by atoms with E-state index in [0.717, 1.165) is 0 Å². The van der Waals surface area contributed by atoms with Gasteiger partial charge in [0.1, 0.15) is 11.6 Å². The minimum atomic E-state index is -0.477. The Hall–Kier alpha value is -1.69. The van der Waals surface area contributed by atoms with Crippen LogP contribution in [0.2, 0.25) is 0 Å². The second-order valence-corrected chi connectivity index (χ2v) is 4.53. The van der Waals surface area contributed by atoms with Crippen LogP contribution in [0, 0.1) is 12.7 Å². The van der Waals surface area contributed by atoms with Crippen molar-refractivity contribution in [2.45, 2.75) is 13.5 Å². The fourth-order valence-electron chi connectivity index (χ4n) is 1.38. The van der Waals surface area contributed by atoms with Gasteiger partial charge >= 0.3 is 0 Å². The van der Waals surface area contributed by atoms with Gasteiger partial charge in [0.25, 0.3) is 5.91 Å². The molecule has 2 aromatic rings. The highest BCUT2D eigenvalue weighted by Crippen LogP contribution is 2.16. The Balaban J connectivity index is 2.01. The Morgan fingerprint density at radius 2 is 2.33 bits per heavy atom. The van der Waals surface area contributed by atoms with Crippen molar-refractivity contribution in [2.24, 2.45) is 0 Å². The molecule has 0 radical (unpaired) electrons. The van der Waals surface area contributed by atoms with Gasteiger partial charge in [0.15, 0.2) is 0 Å². The van der Waals surface area contributed by atoms with E-state index in [2.05, 4.69) is 26.2 Å². The van der Waals surface area contributed by atoms with Crippen LogP contribution in [0.1, 0.15) is 22.0 Å². The van der Waals surface area contributed by atoms with Crippen LogP contribution in [0.25, 0.3) is 0 Å². The third-order valence-electron chi connectivity index (χ3n) is 2.25. The summed E-state index contributed by atoms with van der Waals surface area (Å²) in [5.74, 6) is 0.235. The molecule has 1 aromatic heterocycles. The molecule has 6 heteroatoms. The summed E-state index contributed by atoms with van der Waals surface area (Å²) < 4.78 is 18.8. The monoisotopic (exact) mass is 312 g/mol. The van der Waals surface area contributed by atoms with Crippen molar-refractivity contribution in [3.63, 3.8) is 0 Å². The summed E-state index contributed by atoms with van der Waals surface area (Å²) in [4.78, 5) is 15.7. The maximum absolute atomic E-state index is 13.2. The summed E-state index contributed by atoms with van der Waals surface area (Å²) in [6, 6.07) is 4.18. The maximum Gasteiger partial charge on any atom is 0.251 e. The van der Waals surface area contributed by atoms with E-state index in [-0.39, 0.29) is 18.0 Å². The first-order chi connectivity index (χ1) is 8.56. The number of nitrogens with one attached hydrogen (secondary N) is 1. The molecule has 1 heterocycles. The number of hydrogen-bond acceptors (Lipinski definition) is 3. The average molecular weight is 313 g/mol. The Morgan fingerprint density at radius 1 is 1.56 bits per heavy atom. The molecule has 0 unspecified atom stereocenters. The molecule has 1 aromatic carbocycles. The zero-order chi connectivity index (χ0) is 13.1. The number of benzene rings is 1. The third-order valence-corrected chi connectivity index (χ3v) is 2.89. The molecule has 0 bridgehead atoms. The number of aromatic nitrogens is 1. The molecule has 1 N–H and O–H groups in total. The van der Waals surface area contributed by atoms with Crippen molar-refractivity contribution in [1.82, 2.24) is 10.3 Å². The number of halogens is 2. The van der Waals surface area contributed by atoms with Gasteiger partial charge < -0.3 is 9.73 Å². The second-order valence-electron chi connectivity index (χ2n) is 3.68. The van der Waals surface area contributed by atoms with Crippen molar-refractivity contribution in [2.75, 3.05) is 0 Å². The molecule has 94 valence electrons. The van der Waals surface area contributed by atoms with Crippen LogP contribution in [0.4, 0.5) is 4.39 Å². The number of oxazole rings is 1. The van der Waals surface area contributed by atoms with Gasteiger partial charge in [0, 0.05) is 5.56 Å². The molecule has 4 nitrogen and oxygen atoms in total.